The van der Waals surface area contributed by atoms with Gasteiger partial charge in [0.2, 0.25) is 0 Å². The zero-order valence-electron chi connectivity index (χ0n) is 13.2. The van der Waals surface area contributed by atoms with Crippen molar-refractivity contribution in [2.24, 2.45) is 0 Å². The van der Waals surface area contributed by atoms with Gasteiger partial charge in [0, 0.05) is 54.7 Å². The van der Waals surface area contributed by atoms with Crippen LogP contribution < -0.4 is 0 Å². The number of nitrogens with zero attached hydrogens (tertiary/aromatic N) is 2. The van der Waals surface area contributed by atoms with E-state index in [9.17, 15) is 4.79 Å². The molecule has 116 valence electrons. The third kappa shape index (κ3) is 4.90. The van der Waals surface area contributed by atoms with Gasteiger partial charge in [0.25, 0.3) is 0 Å². The zero-order chi connectivity index (χ0) is 15.5. The van der Waals surface area contributed by atoms with Crippen LogP contribution in [0, 0.1) is 0 Å². The molecule has 2 rings (SSSR count). The number of carbonyl (C=O) groups excluding carboxylic acids is 1. The van der Waals surface area contributed by atoms with Gasteiger partial charge >= 0.3 is 0 Å². The van der Waals surface area contributed by atoms with Crippen molar-refractivity contribution in [1.82, 2.24) is 9.80 Å². The van der Waals surface area contributed by atoms with E-state index in [0.29, 0.717) is 6.42 Å². The van der Waals surface area contributed by atoms with Crippen molar-refractivity contribution in [1.29, 1.82) is 0 Å². The molecule has 0 saturated carbocycles. The van der Waals surface area contributed by atoms with Crippen molar-refractivity contribution < 1.29 is 4.79 Å². The molecule has 0 atom stereocenters. The van der Waals surface area contributed by atoms with Crippen LogP contribution in [0.5, 0.6) is 0 Å². The molecule has 21 heavy (non-hydrogen) atoms. The minimum atomic E-state index is 0.237. The topological polar surface area (TPSA) is 23.6 Å². The Morgan fingerprint density at radius 2 is 1.67 bits per heavy atom. The molecule has 0 aliphatic carbocycles. The first-order valence-corrected chi connectivity index (χ1v) is 8.42. The first kappa shape index (κ1) is 16.7. The molecule has 0 radical (unpaired) electrons. The SMILES string of the molecule is CC(C)(C)N1CCN(CCC(=O)c2ccc(Br)cc2)CC1. The maximum Gasteiger partial charge on any atom is 0.164 e. The largest absolute Gasteiger partial charge is 0.300 e. The van der Waals surface area contributed by atoms with Crippen LogP contribution >= 0.6 is 15.9 Å². The van der Waals surface area contributed by atoms with Crippen molar-refractivity contribution in [2.45, 2.75) is 32.7 Å². The molecular weight excluding hydrogens is 328 g/mol. The standard InChI is InChI=1S/C17H25BrN2O/c1-17(2,3)20-12-10-19(11-13-20)9-8-16(21)14-4-6-15(18)7-5-14/h4-7H,8-13H2,1-3H3. The lowest BCUT2D eigenvalue weighted by molar-refractivity contribution is 0.0602. The fraction of sp³-hybridized carbons (Fsp3) is 0.588. The molecule has 0 amide bonds. The van der Waals surface area contributed by atoms with Crippen molar-refractivity contribution >= 4 is 21.7 Å². The number of hydrogen-bond acceptors (Lipinski definition) is 3. The maximum atomic E-state index is 12.2. The zero-order valence-corrected chi connectivity index (χ0v) is 14.8. The highest BCUT2D eigenvalue weighted by Crippen LogP contribution is 2.16. The highest BCUT2D eigenvalue weighted by Gasteiger charge is 2.25. The molecule has 0 bridgehead atoms. The Bertz CT molecular complexity index is 471. The quantitative estimate of drug-likeness (QED) is 0.775. The smallest absolute Gasteiger partial charge is 0.164 e. The summed E-state index contributed by atoms with van der Waals surface area (Å²) in [5, 5.41) is 0. The molecule has 0 unspecified atom stereocenters. The summed E-state index contributed by atoms with van der Waals surface area (Å²) in [6.07, 6.45) is 0.608. The van der Waals surface area contributed by atoms with Crippen LogP contribution in [0.2, 0.25) is 0 Å². The summed E-state index contributed by atoms with van der Waals surface area (Å²) >= 11 is 3.39. The van der Waals surface area contributed by atoms with Gasteiger partial charge in [-0.25, -0.2) is 0 Å². The Balaban J connectivity index is 1.77. The van der Waals surface area contributed by atoms with E-state index in [-0.39, 0.29) is 11.3 Å². The third-order valence-corrected chi connectivity index (χ3v) is 4.67. The highest BCUT2D eigenvalue weighted by molar-refractivity contribution is 9.10. The first-order valence-electron chi connectivity index (χ1n) is 7.62. The lowest BCUT2D eigenvalue weighted by Crippen LogP contribution is -2.53. The Labute approximate surface area is 136 Å². The maximum absolute atomic E-state index is 12.2. The fourth-order valence-electron chi connectivity index (χ4n) is 2.68. The number of ketones is 1. The van der Waals surface area contributed by atoms with Gasteiger partial charge in [0.05, 0.1) is 0 Å². The fourth-order valence-corrected chi connectivity index (χ4v) is 2.95. The number of rotatable bonds is 4. The number of benzene rings is 1. The van der Waals surface area contributed by atoms with Gasteiger partial charge in [-0.2, -0.15) is 0 Å². The Morgan fingerprint density at radius 1 is 1.10 bits per heavy atom. The predicted octanol–water partition coefficient (Wildman–Crippen LogP) is 3.44. The average Bonchev–Trinajstić information content (AvgIpc) is 2.45. The second-order valence-corrected chi connectivity index (χ2v) is 7.60. The van der Waals surface area contributed by atoms with Crippen LogP contribution in [0.15, 0.2) is 28.7 Å². The highest BCUT2D eigenvalue weighted by atomic mass is 79.9. The van der Waals surface area contributed by atoms with E-state index in [1.54, 1.807) is 0 Å². The first-order chi connectivity index (χ1) is 9.86. The minimum Gasteiger partial charge on any atom is -0.300 e. The molecule has 4 heteroatoms. The Hall–Kier alpha value is -0.710. The number of carbonyl (C=O) groups is 1. The summed E-state index contributed by atoms with van der Waals surface area (Å²) in [5.41, 5.74) is 1.06. The summed E-state index contributed by atoms with van der Waals surface area (Å²) in [4.78, 5) is 17.1. The van der Waals surface area contributed by atoms with E-state index in [4.69, 9.17) is 0 Å². The molecule has 1 aliphatic heterocycles. The number of hydrogen-bond donors (Lipinski definition) is 0. The monoisotopic (exact) mass is 352 g/mol. The molecule has 0 aromatic heterocycles. The van der Waals surface area contributed by atoms with Gasteiger partial charge < -0.3 is 4.90 Å². The summed E-state index contributed by atoms with van der Waals surface area (Å²) in [6.45, 7) is 12.0. The molecule has 1 aromatic carbocycles. The van der Waals surface area contributed by atoms with Crippen LogP contribution in [-0.4, -0.2) is 53.8 Å². The van der Waals surface area contributed by atoms with E-state index in [0.717, 1.165) is 42.8 Å². The van der Waals surface area contributed by atoms with Crippen molar-refractivity contribution in [3.63, 3.8) is 0 Å². The van der Waals surface area contributed by atoms with E-state index in [2.05, 4.69) is 46.5 Å². The number of halogens is 1. The molecule has 1 aliphatic rings. The molecule has 1 fully saturated rings. The summed E-state index contributed by atoms with van der Waals surface area (Å²) in [7, 11) is 0. The van der Waals surface area contributed by atoms with Gasteiger partial charge in [-0.15, -0.1) is 0 Å². The third-order valence-electron chi connectivity index (χ3n) is 4.14. The van der Waals surface area contributed by atoms with Crippen LogP contribution in [-0.2, 0) is 0 Å². The van der Waals surface area contributed by atoms with E-state index >= 15 is 0 Å². The van der Waals surface area contributed by atoms with Gasteiger partial charge in [0.15, 0.2) is 5.78 Å². The summed E-state index contributed by atoms with van der Waals surface area (Å²) < 4.78 is 1.01. The molecule has 1 heterocycles. The molecular formula is C17H25BrN2O. The van der Waals surface area contributed by atoms with Gasteiger partial charge in [-0.1, -0.05) is 28.1 Å². The van der Waals surface area contributed by atoms with E-state index < -0.39 is 0 Å². The lowest BCUT2D eigenvalue weighted by Gasteiger charge is -2.42. The second kappa shape index (κ2) is 7.03. The average molecular weight is 353 g/mol. The summed E-state index contributed by atoms with van der Waals surface area (Å²) in [5.74, 6) is 0.237. The lowest BCUT2D eigenvalue weighted by atomic mass is 10.0. The summed E-state index contributed by atoms with van der Waals surface area (Å²) in [6, 6.07) is 7.64. The second-order valence-electron chi connectivity index (χ2n) is 6.68. The normalized spacial score (nSPS) is 17.9. The molecule has 3 nitrogen and oxygen atoms in total. The van der Waals surface area contributed by atoms with Crippen LogP contribution in [0.4, 0.5) is 0 Å². The number of piperazine rings is 1. The Morgan fingerprint density at radius 3 is 2.19 bits per heavy atom. The van der Waals surface area contributed by atoms with E-state index in [1.807, 2.05) is 24.3 Å². The molecule has 1 saturated heterocycles. The van der Waals surface area contributed by atoms with Crippen molar-refractivity contribution in [3.05, 3.63) is 34.3 Å². The van der Waals surface area contributed by atoms with Gasteiger partial charge in [-0.05, 0) is 32.9 Å². The van der Waals surface area contributed by atoms with Crippen LogP contribution in [0.1, 0.15) is 37.6 Å². The van der Waals surface area contributed by atoms with Crippen LogP contribution in [0.3, 0.4) is 0 Å². The minimum absolute atomic E-state index is 0.237. The number of Topliss-reactive ketones (excluding diaryl/α,β-unsaturated/α-hetero) is 1. The Kier molecular flexibility index (Phi) is 5.58. The van der Waals surface area contributed by atoms with Gasteiger partial charge in [0.1, 0.15) is 0 Å². The van der Waals surface area contributed by atoms with Gasteiger partial charge in [-0.3, -0.25) is 9.69 Å². The predicted molar refractivity (Wildman–Crippen MR) is 90.9 cm³/mol. The molecule has 0 spiro atoms. The van der Waals surface area contributed by atoms with Crippen molar-refractivity contribution in [3.8, 4) is 0 Å². The van der Waals surface area contributed by atoms with Crippen molar-refractivity contribution in [2.75, 3.05) is 32.7 Å². The molecule has 0 N–H and O–H groups in total. The van der Waals surface area contributed by atoms with Crippen LogP contribution in [0.25, 0.3) is 0 Å². The molecule has 1 aromatic rings. The van der Waals surface area contributed by atoms with E-state index in [1.165, 1.54) is 0 Å².